The molecule has 0 unspecified atom stereocenters. The molecule has 0 spiro atoms. The van der Waals surface area contributed by atoms with Gasteiger partial charge in [0.25, 0.3) is 5.91 Å². The third-order valence-electron chi connectivity index (χ3n) is 5.39. The summed E-state index contributed by atoms with van der Waals surface area (Å²) in [4.78, 5) is 25.2. The van der Waals surface area contributed by atoms with Gasteiger partial charge in [0.05, 0.1) is 23.7 Å². The maximum absolute atomic E-state index is 13.6. The Morgan fingerprint density at radius 1 is 1.15 bits per heavy atom. The molecule has 14 heteroatoms. The van der Waals surface area contributed by atoms with E-state index in [2.05, 4.69) is 5.32 Å². The fourth-order valence-electron chi connectivity index (χ4n) is 3.84. The highest BCUT2D eigenvalue weighted by molar-refractivity contribution is 5.82. The van der Waals surface area contributed by atoms with E-state index in [0.29, 0.717) is 11.0 Å². The Kier molecular flexibility index (Phi) is 6.64. The number of piperidine rings is 1. The predicted molar refractivity (Wildman–Crippen MR) is 99.0 cm³/mol. The van der Waals surface area contributed by atoms with Gasteiger partial charge in [-0.3, -0.25) is 4.79 Å². The van der Waals surface area contributed by atoms with Crippen LogP contribution < -0.4 is 10.2 Å². The first kappa shape index (κ1) is 24.4. The molecule has 2 N–H and O–H groups in total. The minimum atomic E-state index is -5.01. The van der Waals surface area contributed by atoms with Crippen LogP contribution in [-0.4, -0.2) is 66.2 Å². The van der Waals surface area contributed by atoms with Crippen LogP contribution in [0.4, 0.5) is 36.8 Å². The van der Waals surface area contributed by atoms with E-state index < -0.39 is 66.1 Å². The van der Waals surface area contributed by atoms with Crippen molar-refractivity contribution in [1.29, 1.82) is 5.26 Å². The average molecular weight is 480 g/mol. The number of nitrogens with zero attached hydrogens (tertiary/aromatic N) is 3. The summed E-state index contributed by atoms with van der Waals surface area (Å²) in [6.45, 7) is -0.496. The van der Waals surface area contributed by atoms with Crippen molar-refractivity contribution in [2.24, 2.45) is 0 Å². The van der Waals surface area contributed by atoms with Gasteiger partial charge in [-0.1, -0.05) is 0 Å². The van der Waals surface area contributed by atoms with Crippen LogP contribution in [0.1, 0.15) is 24.0 Å². The highest BCUT2D eigenvalue weighted by atomic mass is 19.4. The van der Waals surface area contributed by atoms with Crippen LogP contribution in [0.5, 0.6) is 0 Å². The largest absolute Gasteiger partial charge is 0.465 e. The minimum Gasteiger partial charge on any atom is -0.465 e. The smallest absolute Gasteiger partial charge is 0.433 e. The zero-order valence-electron chi connectivity index (χ0n) is 16.8. The molecule has 1 aromatic rings. The Labute approximate surface area is 183 Å². The molecule has 2 saturated heterocycles. The molecule has 1 aromatic carbocycles. The van der Waals surface area contributed by atoms with Crippen LogP contribution in [0, 0.1) is 11.3 Å². The first-order chi connectivity index (χ1) is 15.3. The maximum atomic E-state index is 13.6. The van der Waals surface area contributed by atoms with Crippen molar-refractivity contribution in [3.8, 4) is 6.07 Å². The van der Waals surface area contributed by atoms with E-state index in [4.69, 9.17) is 15.1 Å². The fourth-order valence-corrected chi connectivity index (χ4v) is 3.84. The van der Waals surface area contributed by atoms with Crippen LogP contribution >= 0.6 is 0 Å². The first-order valence-electron chi connectivity index (χ1n) is 9.69. The van der Waals surface area contributed by atoms with Gasteiger partial charge >= 0.3 is 18.4 Å². The number of halogens is 6. The van der Waals surface area contributed by atoms with E-state index in [-0.39, 0.29) is 25.9 Å². The zero-order valence-corrected chi connectivity index (χ0v) is 16.8. The normalized spacial score (nSPS) is 22.2. The minimum absolute atomic E-state index is 0.0788. The van der Waals surface area contributed by atoms with Crippen LogP contribution in [0.25, 0.3) is 0 Å². The van der Waals surface area contributed by atoms with Gasteiger partial charge in [0.1, 0.15) is 0 Å². The Morgan fingerprint density at radius 3 is 2.30 bits per heavy atom. The summed E-state index contributed by atoms with van der Waals surface area (Å²) in [6, 6.07) is 3.07. The number of rotatable bonds is 3. The molecule has 0 radical (unpaired) electrons. The lowest BCUT2D eigenvalue weighted by molar-refractivity contribution is -0.215. The Hall–Kier alpha value is -3.21. The van der Waals surface area contributed by atoms with Crippen LogP contribution in [-0.2, 0) is 15.7 Å². The van der Waals surface area contributed by atoms with E-state index in [9.17, 15) is 35.9 Å². The lowest BCUT2D eigenvalue weighted by atomic mass is 10.0. The number of nitrogens with one attached hydrogen (secondary N) is 1. The molecule has 2 aliphatic heterocycles. The zero-order chi connectivity index (χ0) is 24.6. The fraction of sp³-hybridized carbons (Fsp3) is 0.526. The van der Waals surface area contributed by atoms with Gasteiger partial charge < -0.3 is 25.0 Å². The summed E-state index contributed by atoms with van der Waals surface area (Å²) >= 11 is 0. The molecule has 2 aliphatic rings. The number of hydrogen-bond donors (Lipinski definition) is 2. The number of benzene rings is 1. The molecule has 0 saturated carbocycles. The number of alkyl halides is 6. The van der Waals surface area contributed by atoms with E-state index in [0.717, 1.165) is 12.1 Å². The van der Waals surface area contributed by atoms with Crippen molar-refractivity contribution in [3.05, 3.63) is 29.3 Å². The Bertz CT molecular complexity index is 953. The van der Waals surface area contributed by atoms with Crippen LogP contribution in [0.3, 0.4) is 0 Å². The summed E-state index contributed by atoms with van der Waals surface area (Å²) in [5.74, 6) is -0.773. The second-order valence-corrected chi connectivity index (χ2v) is 7.56. The number of anilines is 1. The predicted octanol–water partition coefficient (Wildman–Crippen LogP) is 2.93. The molecule has 2 heterocycles. The molecule has 0 bridgehead atoms. The van der Waals surface area contributed by atoms with Crippen molar-refractivity contribution < 1.29 is 45.8 Å². The second-order valence-electron chi connectivity index (χ2n) is 7.56. The number of carbonyl (C=O) groups is 2. The molecule has 8 nitrogen and oxygen atoms in total. The van der Waals surface area contributed by atoms with Crippen molar-refractivity contribution >= 4 is 17.7 Å². The number of likely N-dealkylation sites (tertiary alicyclic amines) is 1. The Balaban J connectivity index is 1.81. The topological polar surface area (TPSA) is 106 Å². The summed E-state index contributed by atoms with van der Waals surface area (Å²) in [5.41, 5.74) is -2.64. The monoisotopic (exact) mass is 480 g/mol. The average Bonchev–Trinajstić information content (AvgIpc) is 3.18. The lowest BCUT2D eigenvalue weighted by Crippen LogP contribution is -2.49. The summed E-state index contributed by atoms with van der Waals surface area (Å²) in [7, 11) is 0. The number of carbonyl (C=O) groups excluding carboxylic acids is 1. The molecule has 180 valence electrons. The standard InChI is InChI=1S/C19H18F6N4O4/c20-18(21,22)13-7-12(2-1-10(13)8-26)29-9-14(33-16(29)19(23,24)25)15(30)28-5-3-11(4-6-28)27-17(31)32/h1-2,7,11,14,16,27H,3-6,9H2,(H,31,32)/t14-,16+/m0/s1. The molecule has 33 heavy (non-hydrogen) atoms. The van der Waals surface area contributed by atoms with Gasteiger partial charge in [-0.2, -0.15) is 31.6 Å². The quantitative estimate of drug-likeness (QED) is 0.645. The molecule has 2 amide bonds. The molecule has 2 atom stereocenters. The number of nitriles is 1. The van der Waals surface area contributed by atoms with Gasteiger partial charge in [0.15, 0.2) is 6.10 Å². The van der Waals surface area contributed by atoms with Gasteiger partial charge in [-0.25, -0.2) is 4.79 Å². The molecule has 3 rings (SSSR count). The summed E-state index contributed by atoms with van der Waals surface area (Å²) < 4.78 is 85.5. The van der Waals surface area contributed by atoms with E-state index >= 15 is 0 Å². The van der Waals surface area contributed by atoms with Gasteiger partial charge in [0, 0.05) is 24.8 Å². The van der Waals surface area contributed by atoms with Gasteiger partial charge in [-0.05, 0) is 31.0 Å². The highest BCUT2D eigenvalue weighted by Crippen LogP contribution is 2.39. The van der Waals surface area contributed by atoms with Crippen molar-refractivity contribution in [2.75, 3.05) is 24.5 Å². The summed E-state index contributed by atoms with van der Waals surface area (Å²) in [5, 5.41) is 19.9. The summed E-state index contributed by atoms with van der Waals surface area (Å²) in [6.07, 6.45) is -15.0. The third kappa shape index (κ3) is 5.41. The first-order valence-corrected chi connectivity index (χ1v) is 9.69. The van der Waals surface area contributed by atoms with Crippen molar-refractivity contribution in [1.82, 2.24) is 10.2 Å². The Morgan fingerprint density at radius 2 is 1.79 bits per heavy atom. The number of carboxylic acid groups (broad SMARTS) is 1. The van der Waals surface area contributed by atoms with Crippen molar-refractivity contribution in [2.45, 2.75) is 43.6 Å². The number of ether oxygens (including phenoxy) is 1. The molecule has 0 aromatic heterocycles. The van der Waals surface area contributed by atoms with Crippen LogP contribution in [0.2, 0.25) is 0 Å². The molecular formula is C19H18F6N4O4. The second kappa shape index (κ2) is 8.97. The van der Waals surface area contributed by atoms with Crippen molar-refractivity contribution in [3.63, 3.8) is 0 Å². The lowest BCUT2D eigenvalue weighted by Gasteiger charge is -2.33. The number of amides is 2. The van der Waals surface area contributed by atoms with E-state index in [1.807, 2.05) is 0 Å². The van der Waals surface area contributed by atoms with Gasteiger partial charge in [-0.15, -0.1) is 0 Å². The van der Waals surface area contributed by atoms with Gasteiger partial charge in [0.2, 0.25) is 6.23 Å². The maximum Gasteiger partial charge on any atom is 0.433 e. The number of hydrogen-bond acceptors (Lipinski definition) is 5. The van der Waals surface area contributed by atoms with Crippen LogP contribution in [0.15, 0.2) is 18.2 Å². The highest BCUT2D eigenvalue weighted by Gasteiger charge is 2.53. The third-order valence-corrected chi connectivity index (χ3v) is 5.39. The van der Waals surface area contributed by atoms with E-state index in [1.54, 1.807) is 0 Å². The SMILES string of the molecule is N#Cc1ccc(N2C[C@@H](C(=O)N3CCC(NC(=O)O)CC3)O[C@@H]2C(F)(F)F)cc1C(F)(F)F. The molecular weight excluding hydrogens is 462 g/mol. The molecule has 2 fully saturated rings. The van der Waals surface area contributed by atoms with E-state index in [1.165, 1.54) is 11.0 Å². The molecule has 0 aliphatic carbocycles.